The Bertz CT molecular complexity index is 799. The van der Waals surface area contributed by atoms with Gasteiger partial charge in [0.15, 0.2) is 0 Å². The summed E-state index contributed by atoms with van der Waals surface area (Å²) in [6, 6.07) is 11.4. The number of rotatable bonds is 7. The molecule has 1 aromatic carbocycles. The maximum Gasteiger partial charge on any atom is 0.257 e. The van der Waals surface area contributed by atoms with E-state index in [0.717, 1.165) is 16.2 Å². The van der Waals surface area contributed by atoms with Crippen molar-refractivity contribution in [3.63, 3.8) is 0 Å². The average Bonchev–Trinajstić information content (AvgIpc) is 3.25. The second-order valence-electron chi connectivity index (χ2n) is 4.97. The number of hydrogen-bond acceptors (Lipinski definition) is 6. The SMILES string of the molecule is CCOc1ccccc1CNC(=O)Cc1nnc(-c2cccs2)o1. The molecule has 6 nitrogen and oxygen atoms in total. The molecular formula is C17H17N3O3S. The first kappa shape index (κ1) is 16.2. The molecule has 0 atom stereocenters. The fourth-order valence-corrected chi connectivity index (χ4v) is 2.81. The van der Waals surface area contributed by atoms with Gasteiger partial charge in [-0.3, -0.25) is 4.79 Å². The molecule has 124 valence electrons. The number of para-hydroxylation sites is 1. The summed E-state index contributed by atoms with van der Waals surface area (Å²) < 4.78 is 11.1. The summed E-state index contributed by atoms with van der Waals surface area (Å²) in [5, 5.41) is 12.7. The highest BCUT2D eigenvalue weighted by Crippen LogP contribution is 2.23. The summed E-state index contributed by atoms with van der Waals surface area (Å²) in [5.41, 5.74) is 0.928. The average molecular weight is 343 g/mol. The zero-order valence-electron chi connectivity index (χ0n) is 13.2. The molecule has 0 saturated heterocycles. The summed E-state index contributed by atoms with van der Waals surface area (Å²) >= 11 is 1.51. The Morgan fingerprint density at radius 2 is 2.12 bits per heavy atom. The third kappa shape index (κ3) is 3.99. The quantitative estimate of drug-likeness (QED) is 0.713. The van der Waals surface area contributed by atoms with E-state index in [-0.39, 0.29) is 12.3 Å². The number of carbonyl (C=O) groups is 1. The predicted octanol–water partition coefficient (Wildman–Crippen LogP) is 3.06. The fraction of sp³-hybridized carbons (Fsp3) is 0.235. The number of nitrogens with zero attached hydrogens (tertiary/aromatic N) is 2. The van der Waals surface area contributed by atoms with Crippen molar-refractivity contribution < 1.29 is 13.9 Å². The van der Waals surface area contributed by atoms with Gasteiger partial charge >= 0.3 is 0 Å². The molecule has 3 rings (SSSR count). The Hall–Kier alpha value is -2.67. The van der Waals surface area contributed by atoms with Crippen molar-refractivity contribution in [3.8, 4) is 16.5 Å². The van der Waals surface area contributed by atoms with Gasteiger partial charge in [-0.25, -0.2) is 0 Å². The molecule has 2 aromatic heterocycles. The highest BCUT2D eigenvalue weighted by Gasteiger charge is 2.13. The molecule has 0 aliphatic carbocycles. The fourth-order valence-electron chi connectivity index (χ4n) is 2.16. The van der Waals surface area contributed by atoms with Crippen LogP contribution in [0.1, 0.15) is 18.4 Å². The molecule has 0 saturated carbocycles. The van der Waals surface area contributed by atoms with Gasteiger partial charge in [0.2, 0.25) is 11.8 Å². The van der Waals surface area contributed by atoms with E-state index in [1.807, 2.05) is 48.7 Å². The molecule has 2 heterocycles. The van der Waals surface area contributed by atoms with Gasteiger partial charge in [-0.1, -0.05) is 24.3 Å². The Morgan fingerprint density at radius 1 is 1.25 bits per heavy atom. The number of amides is 1. The van der Waals surface area contributed by atoms with Gasteiger partial charge in [-0.2, -0.15) is 0 Å². The second-order valence-corrected chi connectivity index (χ2v) is 5.92. The van der Waals surface area contributed by atoms with Crippen LogP contribution in [0.5, 0.6) is 5.75 Å². The lowest BCUT2D eigenvalue weighted by Crippen LogP contribution is -2.25. The molecule has 0 fully saturated rings. The molecule has 3 aromatic rings. The molecule has 0 aliphatic rings. The van der Waals surface area contributed by atoms with E-state index in [9.17, 15) is 4.79 Å². The van der Waals surface area contributed by atoms with Crippen LogP contribution in [0.2, 0.25) is 0 Å². The van der Waals surface area contributed by atoms with Crippen molar-refractivity contribution >= 4 is 17.2 Å². The van der Waals surface area contributed by atoms with Crippen LogP contribution in [-0.4, -0.2) is 22.7 Å². The first-order chi connectivity index (χ1) is 11.8. The lowest BCUT2D eigenvalue weighted by molar-refractivity contribution is -0.120. The van der Waals surface area contributed by atoms with E-state index in [4.69, 9.17) is 9.15 Å². The first-order valence-electron chi connectivity index (χ1n) is 7.60. The molecule has 1 N–H and O–H groups in total. The van der Waals surface area contributed by atoms with Gasteiger partial charge in [0.1, 0.15) is 12.2 Å². The zero-order valence-corrected chi connectivity index (χ0v) is 14.0. The normalized spacial score (nSPS) is 10.5. The Balaban J connectivity index is 1.57. The largest absolute Gasteiger partial charge is 0.494 e. The topological polar surface area (TPSA) is 77.2 Å². The number of hydrogen-bond donors (Lipinski definition) is 1. The van der Waals surface area contributed by atoms with Crippen molar-refractivity contribution in [2.45, 2.75) is 19.9 Å². The lowest BCUT2D eigenvalue weighted by atomic mass is 10.2. The Kier molecular flexibility index (Phi) is 5.22. The van der Waals surface area contributed by atoms with Crippen LogP contribution in [-0.2, 0) is 17.8 Å². The van der Waals surface area contributed by atoms with Crippen molar-refractivity contribution in [1.29, 1.82) is 0 Å². The van der Waals surface area contributed by atoms with Crippen LogP contribution in [0.25, 0.3) is 10.8 Å². The molecule has 24 heavy (non-hydrogen) atoms. The molecule has 0 aliphatic heterocycles. The van der Waals surface area contributed by atoms with Gasteiger partial charge in [0.05, 0.1) is 11.5 Å². The second kappa shape index (κ2) is 7.74. The minimum absolute atomic E-state index is 0.0508. The van der Waals surface area contributed by atoms with E-state index >= 15 is 0 Å². The predicted molar refractivity (Wildman–Crippen MR) is 90.8 cm³/mol. The maximum absolute atomic E-state index is 12.1. The zero-order chi connectivity index (χ0) is 16.8. The lowest BCUT2D eigenvalue weighted by Gasteiger charge is -2.10. The summed E-state index contributed by atoms with van der Waals surface area (Å²) in [7, 11) is 0. The number of aromatic nitrogens is 2. The van der Waals surface area contributed by atoms with E-state index in [1.54, 1.807) is 0 Å². The molecular weight excluding hydrogens is 326 g/mol. The monoisotopic (exact) mass is 343 g/mol. The minimum Gasteiger partial charge on any atom is -0.494 e. The van der Waals surface area contributed by atoms with Crippen molar-refractivity contribution in [1.82, 2.24) is 15.5 Å². The van der Waals surface area contributed by atoms with Crippen LogP contribution in [0, 0.1) is 0 Å². The molecule has 0 bridgehead atoms. The van der Waals surface area contributed by atoms with E-state index in [0.29, 0.717) is 24.9 Å². The minimum atomic E-state index is -0.178. The molecule has 1 amide bonds. The van der Waals surface area contributed by atoms with Gasteiger partial charge < -0.3 is 14.5 Å². The smallest absolute Gasteiger partial charge is 0.257 e. The third-order valence-corrected chi connectivity index (χ3v) is 4.12. The molecule has 7 heteroatoms. The highest BCUT2D eigenvalue weighted by molar-refractivity contribution is 7.13. The molecule has 0 unspecified atom stereocenters. The van der Waals surface area contributed by atoms with Crippen molar-refractivity contribution in [2.75, 3.05) is 6.61 Å². The summed E-state index contributed by atoms with van der Waals surface area (Å²) in [4.78, 5) is 13.0. The van der Waals surface area contributed by atoms with Gasteiger partial charge in [-0.15, -0.1) is 21.5 Å². The van der Waals surface area contributed by atoms with Crippen molar-refractivity contribution in [2.24, 2.45) is 0 Å². The Morgan fingerprint density at radius 3 is 2.92 bits per heavy atom. The van der Waals surface area contributed by atoms with Crippen molar-refractivity contribution in [3.05, 3.63) is 53.2 Å². The molecule has 0 spiro atoms. The number of thiophene rings is 1. The molecule has 0 radical (unpaired) electrons. The maximum atomic E-state index is 12.1. The third-order valence-electron chi connectivity index (χ3n) is 3.26. The highest BCUT2D eigenvalue weighted by atomic mass is 32.1. The summed E-state index contributed by atoms with van der Waals surface area (Å²) in [5.74, 6) is 1.34. The van der Waals surface area contributed by atoms with E-state index < -0.39 is 0 Å². The summed E-state index contributed by atoms with van der Waals surface area (Å²) in [6.45, 7) is 2.90. The number of ether oxygens (including phenoxy) is 1. The van der Waals surface area contributed by atoms with E-state index in [2.05, 4.69) is 15.5 Å². The van der Waals surface area contributed by atoms with Crippen LogP contribution in [0.15, 0.2) is 46.2 Å². The van der Waals surface area contributed by atoms with Gasteiger partial charge in [0, 0.05) is 12.1 Å². The Labute approximate surface area is 143 Å². The standard InChI is InChI=1S/C17H17N3O3S/c1-2-22-13-7-4-3-6-12(13)11-18-15(21)10-16-19-20-17(23-16)14-8-5-9-24-14/h3-9H,2,10-11H2,1H3,(H,18,21). The van der Waals surface area contributed by atoms with Crippen LogP contribution in [0.3, 0.4) is 0 Å². The number of carbonyl (C=O) groups excluding carboxylic acids is 1. The van der Waals surface area contributed by atoms with Crippen LogP contribution >= 0.6 is 11.3 Å². The van der Waals surface area contributed by atoms with Gasteiger partial charge in [-0.05, 0) is 24.4 Å². The van der Waals surface area contributed by atoms with Crippen LogP contribution in [0.4, 0.5) is 0 Å². The first-order valence-corrected chi connectivity index (χ1v) is 8.48. The van der Waals surface area contributed by atoms with Gasteiger partial charge in [0.25, 0.3) is 5.89 Å². The van der Waals surface area contributed by atoms with E-state index in [1.165, 1.54) is 11.3 Å². The number of nitrogens with one attached hydrogen (secondary N) is 1. The summed E-state index contributed by atoms with van der Waals surface area (Å²) in [6.07, 6.45) is 0.0508. The number of benzene rings is 1. The van der Waals surface area contributed by atoms with Crippen LogP contribution < -0.4 is 10.1 Å².